The van der Waals surface area contributed by atoms with Crippen molar-refractivity contribution in [1.29, 1.82) is 0 Å². The minimum Gasteiger partial charge on any atom is -0.355 e. The fraction of sp³-hybridized carbons (Fsp3) is 0.0588. The molecular weight excluding hydrogens is 360 g/mol. The Balaban J connectivity index is 2.45. The first-order valence-electron chi connectivity index (χ1n) is 7.06. The Hall–Kier alpha value is -1.64. The lowest BCUT2D eigenvalue weighted by Gasteiger charge is -2.09. The Morgan fingerprint density at radius 2 is 2.00 bits per heavy atom. The zero-order valence-electron chi connectivity index (χ0n) is 12.9. The number of quaternary nitrogens is 1. The predicted octanol–water partition coefficient (Wildman–Crippen LogP) is 3.20. The SMILES string of the molecule is CNC(=O)/C(=C/c1cc([NH2+]O)ccc1Sc1ccccc1)SC=S. The Bertz CT molecular complexity index is 749. The Kier molecular flexibility index (Phi) is 7.48. The van der Waals surface area contributed by atoms with Crippen molar-refractivity contribution in [3.8, 4) is 0 Å². The molecule has 2 aromatic carbocycles. The van der Waals surface area contributed by atoms with Gasteiger partial charge in [0.2, 0.25) is 0 Å². The normalized spacial score (nSPS) is 11.2. The van der Waals surface area contributed by atoms with Crippen LogP contribution in [-0.4, -0.2) is 22.9 Å². The fourth-order valence-corrected chi connectivity index (χ4v) is 3.68. The van der Waals surface area contributed by atoms with Crippen molar-refractivity contribution in [3.63, 3.8) is 0 Å². The molecule has 1 amide bonds. The summed E-state index contributed by atoms with van der Waals surface area (Å²) < 4.78 is 1.45. The number of likely N-dealkylation sites (N-methyl/N-ethyl adjacent to an activating group) is 1. The Morgan fingerprint density at radius 1 is 1.25 bits per heavy atom. The van der Waals surface area contributed by atoms with Gasteiger partial charge in [0.15, 0.2) is 5.69 Å². The van der Waals surface area contributed by atoms with Gasteiger partial charge in [-0.3, -0.25) is 4.79 Å². The first kappa shape index (κ1) is 18.7. The van der Waals surface area contributed by atoms with Gasteiger partial charge in [-0.1, -0.05) is 53.9 Å². The van der Waals surface area contributed by atoms with Crippen LogP contribution in [0.5, 0.6) is 0 Å². The summed E-state index contributed by atoms with van der Waals surface area (Å²) >= 11 is 7.65. The summed E-state index contributed by atoms with van der Waals surface area (Å²) in [6.07, 6.45) is 1.78. The monoisotopic (exact) mass is 377 g/mol. The van der Waals surface area contributed by atoms with Crippen molar-refractivity contribution >= 4 is 58.1 Å². The molecule has 24 heavy (non-hydrogen) atoms. The highest BCUT2D eigenvalue weighted by Gasteiger charge is 2.11. The highest BCUT2D eigenvalue weighted by Crippen LogP contribution is 2.33. The summed E-state index contributed by atoms with van der Waals surface area (Å²) in [7, 11) is 1.58. The Morgan fingerprint density at radius 3 is 2.62 bits per heavy atom. The summed E-state index contributed by atoms with van der Waals surface area (Å²) in [5.41, 5.74) is 2.55. The molecule has 0 aliphatic carbocycles. The predicted molar refractivity (Wildman–Crippen MR) is 104 cm³/mol. The van der Waals surface area contributed by atoms with E-state index in [1.807, 2.05) is 48.5 Å². The van der Waals surface area contributed by atoms with Gasteiger partial charge in [0.05, 0.1) is 4.91 Å². The van der Waals surface area contributed by atoms with E-state index in [1.54, 1.807) is 24.9 Å². The molecule has 4 N–H and O–H groups in total. The maximum atomic E-state index is 12.0. The van der Waals surface area contributed by atoms with Crippen LogP contribution in [0.4, 0.5) is 5.69 Å². The van der Waals surface area contributed by atoms with Gasteiger partial charge in [-0.05, 0) is 29.8 Å². The molecule has 0 aliphatic heterocycles. The first-order chi connectivity index (χ1) is 11.7. The molecule has 0 heterocycles. The van der Waals surface area contributed by atoms with Crippen LogP contribution in [0.15, 0.2) is 63.2 Å². The van der Waals surface area contributed by atoms with Crippen LogP contribution in [0.3, 0.4) is 0 Å². The minimum absolute atomic E-state index is 0.199. The second-order valence-electron chi connectivity index (χ2n) is 4.64. The molecule has 2 aromatic rings. The standard InChI is InChI=1S/C17H16N2O2S3/c1-18-17(20)16(23-11-22)10-12-9-13(19-21)7-8-15(12)24-14-5-3-2-4-6-14/h2-11,19,21H,1H3,(H,18,20)/p+1/b16-10-. The molecule has 2 rings (SSSR count). The number of amides is 1. The van der Waals surface area contributed by atoms with Crippen molar-refractivity contribution in [1.82, 2.24) is 5.32 Å². The third-order valence-corrected chi connectivity index (χ3v) is 5.11. The molecule has 0 spiro atoms. The van der Waals surface area contributed by atoms with Crippen molar-refractivity contribution in [2.24, 2.45) is 0 Å². The minimum atomic E-state index is -0.199. The molecular formula is C17H17N2O2S3+. The highest BCUT2D eigenvalue weighted by molar-refractivity contribution is 8.24. The quantitative estimate of drug-likeness (QED) is 0.299. The van der Waals surface area contributed by atoms with E-state index in [4.69, 9.17) is 12.2 Å². The number of thioether (sulfide) groups is 1. The molecule has 0 bridgehead atoms. The second-order valence-corrected chi connectivity index (χ2v) is 7.20. The van der Waals surface area contributed by atoms with Crippen LogP contribution < -0.4 is 10.8 Å². The number of thiocarbonyl (C=S) groups is 1. The number of benzene rings is 2. The number of carbonyl (C=O) groups is 1. The van der Waals surface area contributed by atoms with E-state index in [0.717, 1.165) is 20.8 Å². The van der Waals surface area contributed by atoms with Crippen LogP contribution >= 0.6 is 35.7 Å². The van der Waals surface area contributed by atoms with Gasteiger partial charge in [-0.2, -0.15) is 5.48 Å². The number of carbonyl (C=O) groups excluding carboxylic acids is 1. The van der Waals surface area contributed by atoms with E-state index in [0.29, 0.717) is 10.6 Å². The van der Waals surface area contributed by atoms with Gasteiger partial charge in [0, 0.05) is 33.7 Å². The molecule has 0 aliphatic rings. The average molecular weight is 378 g/mol. The molecule has 0 radical (unpaired) electrons. The molecule has 0 atom stereocenters. The largest absolute Gasteiger partial charge is 0.355 e. The van der Waals surface area contributed by atoms with Crippen LogP contribution in [0, 0.1) is 0 Å². The molecule has 0 fully saturated rings. The van der Waals surface area contributed by atoms with Crippen molar-refractivity contribution in [2.75, 3.05) is 7.05 Å². The highest BCUT2D eigenvalue weighted by atomic mass is 32.2. The maximum Gasteiger partial charge on any atom is 0.257 e. The van der Waals surface area contributed by atoms with Crippen molar-refractivity contribution in [2.45, 2.75) is 9.79 Å². The lowest BCUT2D eigenvalue weighted by molar-refractivity contribution is -0.825. The number of hydrogen-bond acceptors (Lipinski definition) is 5. The lowest BCUT2D eigenvalue weighted by Crippen LogP contribution is -2.73. The van der Waals surface area contributed by atoms with Crippen LogP contribution in [-0.2, 0) is 4.79 Å². The van der Waals surface area contributed by atoms with Gasteiger partial charge < -0.3 is 5.32 Å². The third-order valence-electron chi connectivity index (χ3n) is 3.07. The molecule has 7 heteroatoms. The van der Waals surface area contributed by atoms with Gasteiger partial charge in [-0.25, -0.2) is 5.21 Å². The summed E-state index contributed by atoms with van der Waals surface area (Å²) in [5.74, 6) is -0.199. The molecule has 124 valence electrons. The fourth-order valence-electron chi connectivity index (χ4n) is 1.94. The third kappa shape index (κ3) is 5.19. The van der Waals surface area contributed by atoms with Gasteiger partial charge in [-0.15, -0.1) is 0 Å². The van der Waals surface area contributed by atoms with E-state index in [-0.39, 0.29) is 5.91 Å². The van der Waals surface area contributed by atoms with Gasteiger partial charge in [0.25, 0.3) is 5.91 Å². The summed E-state index contributed by atoms with van der Waals surface area (Å²) in [4.78, 5) is 14.6. The topological polar surface area (TPSA) is 65.9 Å². The molecule has 0 saturated heterocycles. The van der Waals surface area contributed by atoms with Crippen LogP contribution in [0.2, 0.25) is 0 Å². The number of nitrogens with one attached hydrogen (secondary N) is 1. The van der Waals surface area contributed by atoms with E-state index in [2.05, 4.69) is 5.32 Å². The zero-order chi connectivity index (χ0) is 17.4. The van der Waals surface area contributed by atoms with E-state index in [9.17, 15) is 10.0 Å². The van der Waals surface area contributed by atoms with Gasteiger partial charge >= 0.3 is 0 Å². The number of rotatable bonds is 7. The second kappa shape index (κ2) is 9.61. The zero-order valence-corrected chi connectivity index (χ0v) is 15.4. The molecule has 0 unspecified atom stereocenters. The number of hydrogen-bond donors (Lipinski definition) is 3. The van der Waals surface area contributed by atoms with Crippen LogP contribution in [0.25, 0.3) is 6.08 Å². The van der Waals surface area contributed by atoms with E-state index in [1.165, 1.54) is 16.5 Å². The summed E-state index contributed by atoms with van der Waals surface area (Å²) in [5, 5.41) is 11.9. The Labute approximate surface area is 154 Å². The van der Waals surface area contributed by atoms with Crippen LogP contribution in [0.1, 0.15) is 5.56 Å². The lowest BCUT2D eigenvalue weighted by atomic mass is 10.2. The average Bonchev–Trinajstić information content (AvgIpc) is 2.62. The smallest absolute Gasteiger partial charge is 0.257 e. The summed E-state index contributed by atoms with van der Waals surface area (Å²) in [6.45, 7) is 0. The number of nitrogens with two attached hydrogens (primary N) is 1. The van der Waals surface area contributed by atoms with E-state index < -0.39 is 0 Å². The van der Waals surface area contributed by atoms with E-state index >= 15 is 0 Å². The van der Waals surface area contributed by atoms with Crippen molar-refractivity contribution < 1.29 is 15.5 Å². The first-order valence-corrected chi connectivity index (χ1v) is 9.23. The van der Waals surface area contributed by atoms with Gasteiger partial charge in [0.1, 0.15) is 0 Å². The molecule has 0 saturated carbocycles. The molecule has 4 nitrogen and oxygen atoms in total. The molecule has 0 aromatic heterocycles. The summed E-state index contributed by atoms with van der Waals surface area (Å²) in [6, 6.07) is 15.6. The maximum absolute atomic E-state index is 12.0. The van der Waals surface area contributed by atoms with Crippen molar-refractivity contribution in [3.05, 3.63) is 59.0 Å².